The summed E-state index contributed by atoms with van der Waals surface area (Å²) in [5.41, 5.74) is 5.35. The van der Waals surface area contributed by atoms with Gasteiger partial charge in [-0.05, 0) is 23.8 Å². The number of thiophene rings is 1. The maximum Gasteiger partial charge on any atom is 0.416 e. The summed E-state index contributed by atoms with van der Waals surface area (Å²) in [4.78, 5) is 12.0. The second-order valence-electron chi connectivity index (χ2n) is 3.98. The van der Waals surface area contributed by atoms with Gasteiger partial charge in [0.15, 0.2) is 0 Å². The number of nitrogens with one attached hydrogen (secondary N) is 1. The molecule has 0 spiro atoms. The number of hydrogen-bond acceptors (Lipinski definition) is 3. The number of carbonyl (C=O) groups is 1. The van der Waals surface area contributed by atoms with Crippen molar-refractivity contribution >= 4 is 23.5 Å². The zero-order valence-corrected chi connectivity index (χ0v) is 10.8. The fourth-order valence-electron chi connectivity index (χ4n) is 1.67. The Balaban J connectivity index is 2.42. The summed E-state index contributed by atoms with van der Waals surface area (Å²) < 4.78 is 37.4. The number of benzene rings is 1. The molecule has 104 valence electrons. The van der Waals surface area contributed by atoms with Crippen molar-refractivity contribution in [3.63, 3.8) is 0 Å². The molecule has 0 radical (unpaired) electrons. The first-order chi connectivity index (χ1) is 9.32. The van der Waals surface area contributed by atoms with E-state index in [9.17, 15) is 18.0 Å². The molecule has 0 unspecified atom stereocenters. The fraction of sp³-hybridized carbons (Fsp3) is 0.0769. The largest absolute Gasteiger partial charge is 0.416 e. The van der Waals surface area contributed by atoms with Crippen LogP contribution in [0, 0.1) is 5.41 Å². The standard InChI is InChI=1S/C13H9F3N2OS/c14-13(15,16)9-3-1-7(2-4-9)10-5-8(6-17)11(20-10)12(18)19/h1-6,17H,(H2,18,19). The molecule has 1 heterocycles. The number of nitrogens with two attached hydrogens (primary N) is 1. The predicted molar refractivity (Wildman–Crippen MR) is 71.2 cm³/mol. The molecule has 0 bridgehead atoms. The molecule has 0 aliphatic heterocycles. The van der Waals surface area contributed by atoms with E-state index < -0.39 is 17.6 Å². The van der Waals surface area contributed by atoms with Gasteiger partial charge < -0.3 is 11.1 Å². The molecule has 0 fully saturated rings. The molecule has 1 aromatic heterocycles. The Morgan fingerprint density at radius 1 is 1.25 bits per heavy atom. The highest BCUT2D eigenvalue weighted by Crippen LogP contribution is 2.34. The Kier molecular flexibility index (Phi) is 3.63. The van der Waals surface area contributed by atoms with Gasteiger partial charge in [-0.2, -0.15) is 13.2 Å². The summed E-state index contributed by atoms with van der Waals surface area (Å²) in [6, 6.07) is 6.16. The lowest BCUT2D eigenvalue weighted by atomic mass is 10.1. The van der Waals surface area contributed by atoms with Crippen molar-refractivity contribution < 1.29 is 18.0 Å². The fourth-order valence-corrected chi connectivity index (χ4v) is 2.67. The van der Waals surface area contributed by atoms with Crippen LogP contribution in [0.15, 0.2) is 30.3 Å². The molecule has 1 amide bonds. The molecular weight excluding hydrogens is 289 g/mol. The monoisotopic (exact) mass is 298 g/mol. The summed E-state index contributed by atoms with van der Waals surface area (Å²) in [7, 11) is 0. The number of alkyl halides is 3. The van der Waals surface area contributed by atoms with Gasteiger partial charge in [-0.25, -0.2) is 0 Å². The number of amides is 1. The van der Waals surface area contributed by atoms with E-state index in [4.69, 9.17) is 11.1 Å². The number of rotatable bonds is 3. The summed E-state index contributed by atoms with van der Waals surface area (Å²) in [6.07, 6.45) is -3.39. The topological polar surface area (TPSA) is 66.9 Å². The van der Waals surface area contributed by atoms with E-state index in [1.165, 1.54) is 12.1 Å². The maximum atomic E-state index is 12.5. The van der Waals surface area contributed by atoms with Crippen LogP contribution < -0.4 is 5.73 Å². The van der Waals surface area contributed by atoms with Crippen LogP contribution in [-0.2, 0) is 6.18 Å². The molecule has 20 heavy (non-hydrogen) atoms. The molecule has 2 rings (SSSR count). The minimum absolute atomic E-state index is 0.217. The highest BCUT2D eigenvalue weighted by atomic mass is 32.1. The van der Waals surface area contributed by atoms with Gasteiger partial charge >= 0.3 is 6.18 Å². The smallest absolute Gasteiger partial charge is 0.365 e. The van der Waals surface area contributed by atoms with Crippen LogP contribution in [0.2, 0.25) is 0 Å². The van der Waals surface area contributed by atoms with Crippen LogP contribution in [0.3, 0.4) is 0 Å². The van der Waals surface area contributed by atoms with E-state index in [2.05, 4.69) is 0 Å². The minimum atomic E-state index is -4.38. The lowest BCUT2D eigenvalue weighted by Gasteiger charge is -2.06. The van der Waals surface area contributed by atoms with Gasteiger partial charge in [0.2, 0.25) is 0 Å². The van der Waals surface area contributed by atoms with E-state index in [0.29, 0.717) is 16.0 Å². The van der Waals surface area contributed by atoms with Gasteiger partial charge in [0.05, 0.1) is 5.56 Å². The Labute approximate surface area is 116 Å². The predicted octanol–water partition coefficient (Wildman–Crippen LogP) is 3.53. The van der Waals surface area contributed by atoms with E-state index in [1.54, 1.807) is 6.07 Å². The molecule has 0 atom stereocenters. The Morgan fingerprint density at radius 3 is 2.25 bits per heavy atom. The van der Waals surface area contributed by atoms with E-state index >= 15 is 0 Å². The van der Waals surface area contributed by atoms with Crippen molar-refractivity contribution in [2.45, 2.75) is 6.18 Å². The summed E-state index contributed by atoms with van der Waals surface area (Å²) in [5.74, 6) is -0.660. The van der Waals surface area contributed by atoms with Crippen LogP contribution in [0.5, 0.6) is 0 Å². The lowest BCUT2D eigenvalue weighted by Crippen LogP contribution is -2.10. The molecule has 0 saturated heterocycles. The van der Waals surface area contributed by atoms with Crippen molar-refractivity contribution in [3.8, 4) is 10.4 Å². The van der Waals surface area contributed by atoms with E-state index in [-0.39, 0.29) is 4.88 Å². The Bertz CT molecular complexity index is 659. The van der Waals surface area contributed by atoms with Gasteiger partial charge in [0, 0.05) is 16.7 Å². The van der Waals surface area contributed by atoms with Gasteiger partial charge in [0.25, 0.3) is 5.91 Å². The van der Waals surface area contributed by atoms with E-state index in [0.717, 1.165) is 29.7 Å². The number of hydrogen-bond donors (Lipinski definition) is 2. The second-order valence-corrected chi connectivity index (χ2v) is 5.03. The third-order valence-electron chi connectivity index (χ3n) is 2.64. The SMILES string of the molecule is N=Cc1cc(-c2ccc(C(F)(F)F)cc2)sc1C(N)=O. The highest BCUT2D eigenvalue weighted by Gasteiger charge is 2.30. The van der Waals surface area contributed by atoms with Gasteiger partial charge in [0.1, 0.15) is 4.88 Å². The maximum absolute atomic E-state index is 12.5. The van der Waals surface area contributed by atoms with Crippen molar-refractivity contribution in [2.75, 3.05) is 0 Å². The first kappa shape index (κ1) is 14.3. The van der Waals surface area contributed by atoms with Crippen LogP contribution in [0.1, 0.15) is 20.8 Å². The average Bonchev–Trinajstić information content (AvgIpc) is 2.82. The van der Waals surface area contributed by atoms with Gasteiger partial charge in [-0.1, -0.05) is 12.1 Å². The number of halogens is 3. The van der Waals surface area contributed by atoms with Crippen molar-refractivity contribution in [1.82, 2.24) is 0 Å². The van der Waals surface area contributed by atoms with Gasteiger partial charge in [-0.15, -0.1) is 11.3 Å². The first-order valence-electron chi connectivity index (χ1n) is 5.44. The summed E-state index contributed by atoms with van der Waals surface area (Å²) in [6.45, 7) is 0. The molecule has 0 saturated carbocycles. The molecule has 7 heteroatoms. The third kappa shape index (κ3) is 2.72. The molecule has 2 aromatic rings. The lowest BCUT2D eigenvalue weighted by molar-refractivity contribution is -0.137. The van der Waals surface area contributed by atoms with E-state index in [1.807, 2.05) is 0 Å². The van der Waals surface area contributed by atoms with Crippen LogP contribution in [0.4, 0.5) is 13.2 Å². The van der Waals surface area contributed by atoms with Crippen LogP contribution >= 0.6 is 11.3 Å². The van der Waals surface area contributed by atoms with Crippen LogP contribution in [-0.4, -0.2) is 12.1 Å². The number of carbonyl (C=O) groups excluding carboxylic acids is 1. The van der Waals surface area contributed by atoms with Crippen molar-refractivity contribution in [1.29, 1.82) is 5.41 Å². The molecule has 3 nitrogen and oxygen atoms in total. The Morgan fingerprint density at radius 2 is 1.85 bits per heavy atom. The zero-order valence-electron chi connectivity index (χ0n) is 9.99. The normalized spacial score (nSPS) is 11.3. The zero-order chi connectivity index (χ0) is 14.9. The highest BCUT2D eigenvalue weighted by molar-refractivity contribution is 7.17. The first-order valence-corrected chi connectivity index (χ1v) is 6.26. The minimum Gasteiger partial charge on any atom is -0.365 e. The average molecular weight is 298 g/mol. The number of primary amides is 1. The summed E-state index contributed by atoms with van der Waals surface area (Å²) >= 11 is 1.05. The summed E-state index contributed by atoms with van der Waals surface area (Å²) in [5, 5.41) is 7.19. The molecular formula is C13H9F3N2OS. The quantitative estimate of drug-likeness (QED) is 0.836. The van der Waals surface area contributed by atoms with Crippen molar-refractivity contribution in [2.24, 2.45) is 5.73 Å². The Hall–Kier alpha value is -2.15. The van der Waals surface area contributed by atoms with Crippen molar-refractivity contribution in [3.05, 3.63) is 46.3 Å². The molecule has 0 aliphatic carbocycles. The molecule has 3 N–H and O–H groups in total. The molecule has 1 aromatic carbocycles. The van der Waals surface area contributed by atoms with Gasteiger partial charge in [-0.3, -0.25) is 4.79 Å². The molecule has 0 aliphatic rings. The van der Waals surface area contributed by atoms with Crippen LogP contribution in [0.25, 0.3) is 10.4 Å². The third-order valence-corrected chi connectivity index (χ3v) is 3.85. The second kappa shape index (κ2) is 5.09.